The van der Waals surface area contributed by atoms with Crippen LogP contribution in [0.4, 0.5) is 10.5 Å². The number of carbonyl (C=O) groups excluding carboxylic acids is 3. The normalized spacial score (nSPS) is 22.1. The Morgan fingerprint density at radius 1 is 0.893 bits per heavy atom. The Kier molecular flexibility index (Phi) is 12.3. The number of anilines is 1. The molecule has 0 saturated carbocycles. The van der Waals surface area contributed by atoms with Crippen molar-refractivity contribution in [2.24, 2.45) is 5.92 Å². The van der Waals surface area contributed by atoms with Crippen LogP contribution in [0.1, 0.15) is 61.3 Å². The third-order valence-corrected chi connectivity index (χ3v) is 11.3. The first kappa shape index (κ1) is 39.0. The Hall–Kier alpha value is -5.27. The maximum Gasteiger partial charge on any atom is 0.325 e. The van der Waals surface area contributed by atoms with Crippen LogP contribution in [-0.2, 0) is 37.0 Å². The predicted molar refractivity (Wildman–Crippen MR) is 212 cm³/mol. The van der Waals surface area contributed by atoms with E-state index in [9.17, 15) is 19.5 Å². The van der Waals surface area contributed by atoms with Gasteiger partial charge in [0.2, 0.25) is 5.91 Å². The van der Waals surface area contributed by atoms with Crippen LogP contribution in [0.2, 0.25) is 0 Å². The number of urea groups is 1. The van der Waals surface area contributed by atoms with E-state index in [4.69, 9.17) is 14.2 Å². The molecular weight excluding hydrogens is 711 g/mol. The monoisotopic (exact) mass is 761 g/mol. The van der Waals surface area contributed by atoms with Gasteiger partial charge >= 0.3 is 12.0 Å². The van der Waals surface area contributed by atoms with Gasteiger partial charge in [0.1, 0.15) is 12.1 Å². The smallest absolute Gasteiger partial charge is 0.325 e. The molecule has 3 aliphatic heterocycles. The third-order valence-electron chi connectivity index (χ3n) is 11.3. The number of piperidine rings is 1. The molecule has 294 valence electrons. The zero-order valence-electron chi connectivity index (χ0n) is 32.0. The molecule has 0 aliphatic carbocycles. The summed E-state index contributed by atoms with van der Waals surface area (Å²) in [5.41, 5.74) is 6.10. The average Bonchev–Trinajstić information content (AvgIpc) is 3.55. The summed E-state index contributed by atoms with van der Waals surface area (Å²) >= 11 is 0. The highest BCUT2D eigenvalue weighted by Crippen LogP contribution is 2.43. The quantitative estimate of drug-likeness (QED) is 0.139. The molecule has 3 saturated heterocycles. The van der Waals surface area contributed by atoms with Gasteiger partial charge in [0.15, 0.2) is 6.29 Å². The Bertz CT molecular complexity index is 1950. The summed E-state index contributed by atoms with van der Waals surface area (Å²) in [6, 6.07) is 33.6. The molecule has 3 aliphatic rings. The molecule has 4 atom stereocenters. The predicted octanol–water partition coefficient (Wildman–Crippen LogP) is 5.43. The summed E-state index contributed by atoms with van der Waals surface area (Å²) in [4.78, 5) is 42.0. The van der Waals surface area contributed by atoms with Crippen molar-refractivity contribution < 1.29 is 33.7 Å². The molecule has 4 aromatic carbocycles. The van der Waals surface area contributed by atoms with Gasteiger partial charge in [-0.2, -0.15) is 0 Å². The maximum absolute atomic E-state index is 13.3. The number of nitrogens with zero attached hydrogens (tertiary/aromatic N) is 2. The minimum Gasteiger partial charge on any atom is -0.465 e. The van der Waals surface area contributed by atoms with Crippen molar-refractivity contribution in [1.29, 1.82) is 0 Å². The number of carbonyl (C=O) groups is 3. The zero-order chi connectivity index (χ0) is 39.1. The van der Waals surface area contributed by atoms with Crippen molar-refractivity contribution in [3.05, 3.63) is 125 Å². The number of benzene rings is 4. The van der Waals surface area contributed by atoms with Crippen molar-refractivity contribution in [2.45, 2.75) is 63.9 Å². The van der Waals surface area contributed by atoms with Crippen molar-refractivity contribution >= 4 is 23.6 Å². The van der Waals surface area contributed by atoms with E-state index in [1.165, 1.54) is 0 Å². The van der Waals surface area contributed by atoms with E-state index >= 15 is 0 Å². The third kappa shape index (κ3) is 8.58. The Labute approximate surface area is 328 Å². The number of rotatable bonds is 12. The lowest BCUT2D eigenvalue weighted by Gasteiger charge is -2.46. The summed E-state index contributed by atoms with van der Waals surface area (Å²) in [7, 11) is 0. The van der Waals surface area contributed by atoms with Gasteiger partial charge in [0.05, 0.1) is 32.1 Å². The van der Waals surface area contributed by atoms with Crippen molar-refractivity contribution in [2.75, 3.05) is 44.4 Å². The Morgan fingerprint density at radius 2 is 1.59 bits per heavy atom. The van der Waals surface area contributed by atoms with Gasteiger partial charge in [0.25, 0.3) is 0 Å². The van der Waals surface area contributed by atoms with Gasteiger partial charge < -0.3 is 45.1 Å². The molecule has 3 heterocycles. The van der Waals surface area contributed by atoms with Crippen LogP contribution in [0, 0.1) is 5.92 Å². The lowest BCUT2D eigenvalue weighted by molar-refractivity contribution is -0.276. The zero-order valence-corrected chi connectivity index (χ0v) is 32.0. The Morgan fingerprint density at radius 3 is 2.30 bits per heavy atom. The van der Waals surface area contributed by atoms with Gasteiger partial charge in [-0.25, -0.2) is 4.79 Å². The molecule has 0 radical (unpaired) electrons. The molecule has 0 aromatic heterocycles. The standard InChI is InChI=1S/C44H51N5O7/c1-3-54-39(51)26-46-43(53)45-25-35-9-7-8-12-37(35)32-17-19-34(20-18-32)41-55-38(30(2)40(56-41)33-15-13-31(28-50)14-16-33)27-48-23-21-44(22-24-48)42(52)47-29-49(44)36-10-5-4-6-11-36/h4-20,30,38,40-41,50H,3,21-29H2,1-2H3,(H,47,52)(H2,45,46,53)/t30-,38+,40+,41+/m1/s1. The summed E-state index contributed by atoms with van der Waals surface area (Å²) in [5, 5.41) is 18.2. The topological polar surface area (TPSA) is 142 Å². The molecule has 4 aromatic rings. The van der Waals surface area contributed by atoms with Crippen LogP contribution in [0.3, 0.4) is 0 Å². The lowest BCUT2D eigenvalue weighted by atomic mass is 9.84. The number of nitrogens with one attached hydrogen (secondary N) is 3. The Balaban J connectivity index is 1.06. The fourth-order valence-electron chi connectivity index (χ4n) is 8.10. The first-order valence-electron chi connectivity index (χ1n) is 19.5. The largest absolute Gasteiger partial charge is 0.465 e. The number of ether oxygens (including phenoxy) is 3. The number of hydrogen-bond donors (Lipinski definition) is 4. The van der Waals surface area contributed by atoms with Crippen molar-refractivity contribution in [3.8, 4) is 11.1 Å². The second-order valence-electron chi connectivity index (χ2n) is 14.7. The highest BCUT2D eigenvalue weighted by Gasteiger charge is 2.51. The molecule has 7 rings (SSSR count). The number of likely N-dealkylation sites (tertiary alicyclic amines) is 1. The van der Waals surface area contributed by atoms with Crippen LogP contribution in [0.5, 0.6) is 0 Å². The van der Waals surface area contributed by atoms with Crippen LogP contribution in [0.15, 0.2) is 103 Å². The van der Waals surface area contributed by atoms with Gasteiger partial charge in [-0.15, -0.1) is 0 Å². The molecule has 0 bridgehead atoms. The van der Waals surface area contributed by atoms with Crippen molar-refractivity contribution in [1.82, 2.24) is 20.9 Å². The molecule has 3 amide bonds. The van der Waals surface area contributed by atoms with Gasteiger partial charge in [0, 0.05) is 43.3 Å². The van der Waals surface area contributed by atoms with Crippen LogP contribution in [0.25, 0.3) is 11.1 Å². The first-order chi connectivity index (χ1) is 27.3. The summed E-state index contributed by atoms with van der Waals surface area (Å²) < 4.78 is 18.5. The van der Waals surface area contributed by atoms with Crippen LogP contribution >= 0.6 is 0 Å². The fraction of sp³-hybridized carbons (Fsp3) is 0.386. The molecule has 12 heteroatoms. The number of para-hydroxylation sites is 1. The van der Waals surface area contributed by atoms with E-state index in [0.717, 1.165) is 65.0 Å². The highest BCUT2D eigenvalue weighted by atomic mass is 16.7. The summed E-state index contributed by atoms with van der Waals surface area (Å²) in [6.07, 6.45) is 0.403. The fourth-order valence-corrected chi connectivity index (χ4v) is 8.10. The second kappa shape index (κ2) is 17.7. The highest BCUT2D eigenvalue weighted by molar-refractivity contribution is 5.93. The minimum absolute atomic E-state index is 0.0193. The number of aliphatic hydroxyl groups excluding tert-OH is 1. The van der Waals surface area contributed by atoms with E-state index in [2.05, 4.69) is 44.8 Å². The summed E-state index contributed by atoms with van der Waals surface area (Å²) in [6.45, 7) is 6.92. The molecule has 12 nitrogen and oxygen atoms in total. The molecule has 1 spiro atoms. The maximum atomic E-state index is 13.3. The SMILES string of the molecule is CCOC(=O)CNC(=O)NCc1ccccc1-c1ccc([C@H]2O[C@@H](CN3CCC4(CC3)C(=O)NCN4c3ccccc3)[C@@H](C)[C@@H](c3ccc(CO)cc3)O2)cc1. The first-order valence-corrected chi connectivity index (χ1v) is 19.5. The van der Waals surface area contributed by atoms with Crippen LogP contribution < -0.4 is 20.9 Å². The molecular formula is C44H51N5O7. The average molecular weight is 762 g/mol. The lowest BCUT2D eigenvalue weighted by Crippen LogP contribution is -2.57. The molecule has 4 N–H and O–H groups in total. The number of aliphatic hydroxyl groups is 1. The second-order valence-corrected chi connectivity index (χ2v) is 14.7. The molecule has 0 unspecified atom stereocenters. The van der Waals surface area contributed by atoms with E-state index in [1.807, 2.05) is 91.0 Å². The van der Waals surface area contributed by atoms with E-state index in [1.54, 1.807) is 6.92 Å². The van der Waals surface area contributed by atoms with E-state index < -0.39 is 23.8 Å². The van der Waals surface area contributed by atoms with E-state index in [0.29, 0.717) is 13.2 Å². The van der Waals surface area contributed by atoms with Gasteiger partial charge in [-0.05, 0) is 59.7 Å². The molecule has 3 fully saturated rings. The molecule has 56 heavy (non-hydrogen) atoms. The van der Waals surface area contributed by atoms with Crippen LogP contribution in [-0.4, -0.2) is 79.0 Å². The minimum atomic E-state index is -0.627. The summed E-state index contributed by atoms with van der Waals surface area (Å²) in [5.74, 6) is -0.372. The van der Waals surface area contributed by atoms with E-state index in [-0.39, 0.29) is 50.3 Å². The number of hydrogen-bond acceptors (Lipinski definition) is 9. The number of esters is 1. The van der Waals surface area contributed by atoms with Gasteiger partial charge in [-0.3, -0.25) is 9.59 Å². The van der Waals surface area contributed by atoms with Crippen molar-refractivity contribution in [3.63, 3.8) is 0 Å². The van der Waals surface area contributed by atoms with Gasteiger partial charge in [-0.1, -0.05) is 97.9 Å². The number of amides is 3.